The van der Waals surface area contributed by atoms with Crippen LogP contribution in [0.5, 0.6) is 0 Å². The predicted molar refractivity (Wildman–Crippen MR) is 75.5 cm³/mol. The summed E-state index contributed by atoms with van der Waals surface area (Å²) < 4.78 is 20.7. The van der Waals surface area contributed by atoms with Crippen molar-refractivity contribution in [1.82, 2.24) is 13.7 Å². The molecule has 0 rings (SSSR count). The van der Waals surface area contributed by atoms with Crippen molar-refractivity contribution in [3.8, 4) is 0 Å². The third kappa shape index (κ3) is 5.22. The summed E-state index contributed by atoms with van der Waals surface area (Å²) in [5, 5.41) is 0. The first kappa shape index (κ1) is 22.0. The number of nitrogens with zero attached hydrogens (tertiary/aromatic N) is 3. The van der Waals surface area contributed by atoms with Gasteiger partial charge in [-0.2, -0.15) is 0 Å². The van der Waals surface area contributed by atoms with Gasteiger partial charge in [0, 0.05) is 0 Å². The first-order valence-electron chi connectivity index (χ1n) is 6.03. The van der Waals surface area contributed by atoms with Gasteiger partial charge in [0.25, 0.3) is 0 Å². The van der Waals surface area contributed by atoms with Gasteiger partial charge in [0.15, 0.2) is 0 Å². The minimum absolute atomic E-state index is 0. The second-order valence-corrected chi connectivity index (χ2v) is 10.3. The van der Waals surface area contributed by atoms with Crippen LogP contribution in [-0.2, 0) is 0 Å². The number of rotatable bonds is 6. The van der Waals surface area contributed by atoms with Gasteiger partial charge in [-0.05, 0) is 56.1 Å². The quantitative estimate of drug-likeness (QED) is 0.448. The number of halogens is 1. The molecule has 0 heterocycles. The van der Waals surface area contributed by atoms with E-state index < -0.39 is 14.2 Å². The zero-order valence-corrected chi connectivity index (χ0v) is 18.0. The molecule has 6 heteroatoms. The van der Waals surface area contributed by atoms with Gasteiger partial charge >= 0.3 is 51.4 Å². The van der Waals surface area contributed by atoms with Gasteiger partial charge in [-0.25, -0.2) is 4.39 Å². The molecule has 0 amide bonds. The SMILES string of the molecule is CC([CH-][Si](N(C)C)(N(C)C)N(C)C)C(C)(C)F.[K+]. The van der Waals surface area contributed by atoms with Crippen LogP contribution in [0.2, 0.25) is 0 Å². The molecule has 0 aliphatic rings. The van der Waals surface area contributed by atoms with E-state index in [-0.39, 0.29) is 57.3 Å². The Labute approximate surface area is 157 Å². The first-order valence-corrected chi connectivity index (χ1v) is 7.95. The monoisotopic (exact) mass is 301 g/mol. The van der Waals surface area contributed by atoms with Crippen molar-refractivity contribution in [2.24, 2.45) is 5.92 Å². The van der Waals surface area contributed by atoms with Gasteiger partial charge in [0.1, 0.15) is 8.56 Å². The van der Waals surface area contributed by atoms with Crippen LogP contribution in [0.1, 0.15) is 20.8 Å². The summed E-state index contributed by atoms with van der Waals surface area (Å²) >= 11 is 0. The molecule has 0 aromatic heterocycles. The van der Waals surface area contributed by atoms with Crippen molar-refractivity contribution in [2.75, 3.05) is 42.3 Å². The molecule has 3 nitrogen and oxygen atoms in total. The van der Waals surface area contributed by atoms with Crippen LogP contribution in [0, 0.1) is 12.0 Å². The standard InChI is InChI=1S/C12H29FN3Si.K/c1-11(12(2,3)13)10-17(14(4)5,15(6)7)16(8)9;/h10-11H,1-9H3;/q-1;+1. The molecule has 0 aromatic rings. The fourth-order valence-electron chi connectivity index (χ4n) is 2.18. The first-order chi connectivity index (χ1) is 7.46. The summed E-state index contributed by atoms with van der Waals surface area (Å²) in [6, 6.07) is 2.20. The van der Waals surface area contributed by atoms with Crippen molar-refractivity contribution >= 4 is 8.56 Å². The Morgan fingerprint density at radius 2 is 1.22 bits per heavy atom. The van der Waals surface area contributed by atoms with Gasteiger partial charge in [0.2, 0.25) is 0 Å². The zero-order chi connectivity index (χ0) is 14.0. The Hall–Kier alpha value is 1.66. The molecule has 0 fully saturated rings. The van der Waals surface area contributed by atoms with E-state index in [9.17, 15) is 4.39 Å². The number of hydrogen-bond donors (Lipinski definition) is 0. The largest absolute Gasteiger partial charge is 1.00 e. The smallest absolute Gasteiger partial charge is 0.326 e. The Kier molecular flexibility index (Phi) is 9.99. The minimum atomic E-state index is -2.07. The normalized spacial score (nSPS) is 15.2. The van der Waals surface area contributed by atoms with E-state index in [4.69, 9.17) is 0 Å². The molecule has 1 unspecified atom stereocenters. The summed E-state index contributed by atoms with van der Waals surface area (Å²) in [5.74, 6) is -0.0821. The van der Waals surface area contributed by atoms with Gasteiger partial charge in [-0.15, -0.1) is 5.92 Å². The van der Waals surface area contributed by atoms with Crippen LogP contribution >= 0.6 is 0 Å². The molecule has 0 N–H and O–H groups in total. The Bertz CT molecular complexity index is 220. The number of alkyl halides is 1. The van der Waals surface area contributed by atoms with E-state index in [1.54, 1.807) is 13.8 Å². The van der Waals surface area contributed by atoms with E-state index >= 15 is 0 Å². The van der Waals surface area contributed by atoms with Crippen LogP contribution in [-0.4, -0.2) is 70.2 Å². The maximum Gasteiger partial charge on any atom is 1.00 e. The van der Waals surface area contributed by atoms with Crippen molar-refractivity contribution in [3.05, 3.63) is 6.04 Å². The van der Waals surface area contributed by atoms with E-state index in [0.29, 0.717) is 0 Å². The molecule has 0 aliphatic heterocycles. The van der Waals surface area contributed by atoms with Crippen molar-refractivity contribution in [2.45, 2.75) is 26.4 Å². The van der Waals surface area contributed by atoms with Gasteiger partial charge in [-0.3, -0.25) is 6.04 Å². The van der Waals surface area contributed by atoms with Crippen LogP contribution < -0.4 is 51.4 Å². The predicted octanol–water partition coefficient (Wildman–Crippen LogP) is -1.26. The number of hydrogen-bond acceptors (Lipinski definition) is 3. The van der Waals surface area contributed by atoms with E-state index in [1.807, 2.05) is 6.92 Å². The van der Waals surface area contributed by atoms with Crippen molar-refractivity contribution in [3.63, 3.8) is 0 Å². The molecule has 0 bridgehead atoms. The van der Waals surface area contributed by atoms with Crippen molar-refractivity contribution in [1.29, 1.82) is 0 Å². The summed E-state index contributed by atoms with van der Waals surface area (Å²) in [6.07, 6.45) is 0. The summed E-state index contributed by atoms with van der Waals surface area (Å²) in [4.78, 5) is 0. The topological polar surface area (TPSA) is 9.72 Å². The van der Waals surface area contributed by atoms with Gasteiger partial charge in [-0.1, -0.05) is 6.92 Å². The van der Waals surface area contributed by atoms with Crippen LogP contribution in [0.3, 0.4) is 0 Å². The van der Waals surface area contributed by atoms with Crippen LogP contribution in [0.25, 0.3) is 0 Å². The fraction of sp³-hybridized carbons (Fsp3) is 0.917. The van der Waals surface area contributed by atoms with Gasteiger partial charge < -0.3 is 13.7 Å². The molecular formula is C12H29FKN3Si. The van der Waals surface area contributed by atoms with Crippen LogP contribution in [0.4, 0.5) is 4.39 Å². The molecule has 0 saturated carbocycles. The fourth-order valence-corrected chi connectivity index (χ4v) is 6.54. The third-order valence-corrected chi connectivity index (χ3v) is 8.43. The average Bonchev–Trinajstić information content (AvgIpc) is 2.09. The molecule has 0 aliphatic carbocycles. The van der Waals surface area contributed by atoms with Crippen molar-refractivity contribution < 1.29 is 55.8 Å². The van der Waals surface area contributed by atoms with E-state index in [0.717, 1.165) is 0 Å². The van der Waals surface area contributed by atoms with Gasteiger partial charge in [0.05, 0.1) is 5.67 Å². The maximum absolute atomic E-state index is 14.0. The molecule has 0 saturated heterocycles. The van der Waals surface area contributed by atoms with Crippen LogP contribution in [0.15, 0.2) is 0 Å². The third-order valence-electron chi connectivity index (χ3n) is 3.53. The molecule has 0 spiro atoms. The molecule has 1 atom stereocenters. The molecule has 104 valence electrons. The molecule has 0 radical (unpaired) electrons. The van der Waals surface area contributed by atoms with E-state index in [2.05, 4.69) is 62.0 Å². The van der Waals surface area contributed by atoms with E-state index in [1.165, 1.54) is 0 Å². The second-order valence-electron chi connectivity index (χ2n) is 5.89. The summed E-state index contributed by atoms with van der Waals surface area (Å²) in [6.45, 7) is 5.25. The Morgan fingerprint density at radius 3 is 1.39 bits per heavy atom. The maximum atomic E-state index is 14.0. The minimum Gasteiger partial charge on any atom is -0.326 e. The average molecular weight is 302 g/mol. The molecule has 18 heavy (non-hydrogen) atoms. The summed E-state index contributed by atoms with van der Waals surface area (Å²) in [5.41, 5.74) is -1.18. The summed E-state index contributed by atoms with van der Waals surface area (Å²) in [7, 11) is 10.4. The Balaban J connectivity index is 0. The molecule has 0 aromatic carbocycles. The second kappa shape index (κ2) is 8.19. The Morgan fingerprint density at radius 1 is 0.944 bits per heavy atom. The molecular weight excluding hydrogens is 272 g/mol. The zero-order valence-electron chi connectivity index (χ0n) is 13.9.